The van der Waals surface area contributed by atoms with Crippen LogP contribution in [0.15, 0.2) is 30.3 Å². The second kappa shape index (κ2) is 9.18. The molecule has 1 aromatic carbocycles. The van der Waals surface area contributed by atoms with Crippen LogP contribution in [0.5, 0.6) is 0 Å². The van der Waals surface area contributed by atoms with Crippen molar-refractivity contribution < 1.29 is 19.1 Å². The lowest BCUT2D eigenvalue weighted by Crippen LogP contribution is -2.25. The van der Waals surface area contributed by atoms with Gasteiger partial charge in [0, 0.05) is 13.1 Å². The lowest BCUT2D eigenvalue weighted by Gasteiger charge is -2.19. The summed E-state index contributed by atoms with van der Waals surface area (Å²) >= 11 is 0. The van der Waals surface area contributed by atoms with Crippen LogP contribution in [0.4, 0.5) is 0 Å². The molecular weight excluding hydrogens is 368 g/mol. The minimum atomic E-state index is -0.450. The molecule has 1 aromatic heterocycles. The summed E-state index contributed by atoms with van der Waals surface area (Å²) in [6.45, 7) is 5.23. The van der Waals surface area contributed by atoms with Crippen LogP contribution in [0, 0.1) is 13.8 Å². The molecule has 0 spiro atoms. The molecule has 0 radical (unpaired) electrons. The highest BCUT2D eigenvalue weighted by molar-refractivity contribution is 6.00. The maximum atomic E-state index is 12.9. The smallest absolute Gasteiger partial charge is 0.340 e. The molecule has 1 aliphatic rings. The van der Waals surface area contributed by atoms with Gasteiger partial charge < -0.3 is 9.47 Å². The van der Waals surface area contributed by atoms with Gasteiger partial charge in [0.1, 0.15) is 6.61 Å². The molecule has 0 amide bonds. The fraction of sp³-hybridized carbons (Fsp3) is 0.435. The van der Waals surface area contributed by atoms with Gasteiger partial charge >= 0.3 is 11.9 Å². The second-order valence-electron chi connectivity index (χ2n) is 7.57. The van der Waals surface area contributed by atoms with E-state index in [-0.39, 0.29) is 12.5 Å². The number of likely N-dealkylation sites (N-methyl/N-ethyl adjacent to an activating group) is 1. The third kappa shape index (κ3) is 5.01. The Morgan fingerprint density at radius 3 is 2.28 bits per heavy atom. The quantitative estimate of drug-likeness (QED) is 0.635. The molecule has 0 N–H and O–H groups in total. The first-order chi connectivity index (χ1) is 13.9. The van der Waals surface area contributed by atoms with Crippen molar-refractivity contribution >= 4 is 11.9 Å². The van der Waals surface area contributed by atoms with Gasteiger partial charge in [-0.3, -0.25) is 9.88 Å². The van der Waals surface area contributed by atoms with E-state index < -0.39 is 11.9 Å². The SMILES string of the molecule is COC(=O)c1c(C)nc(C)c(C(=O)OCCN(C)Cc2ccccc2)c1C1CC1. The van der Waals surface area contributed by atoms with Gasteiger partial charge in [0.05, 0.1) is 29.6 Å². The Bertz CT molecular complexity index is 891. The second-order valence-corrected chi connectivity index (χ2v) is 7.57. The Hall–Kier alpha value is -2.73. The van der Waals surface area contributed by atoms with Crippen molar-refractivity contribution in [2.75, 3.05) is 27.3 Å². The van der Waals surface area contributed by atoms with Crippen LogP contribution in [-0.2, 0) is 16.0 Å². The van der Waals surface area contributed by atoms with Gasteiger partial charge in [0.25, 0.3) is 0 Å². The molecule has 1 heterocycles. The average Bonchev–Trinajstić information content (AvgIpc) is 3.52. The van der Waals surface area contributed by atoms with Crippen LogP contribution in [0.2, 0.25) is 0 Å². The van der Waals surface area contributed by atoms with Gasteiger partial charge in [-0.1, -0.05) is 30.3 Å². The molecule has 6 heteroatoms. The number of hydrogen-bond donors (Lipinski definition) is 0. The highest BCUT2D eigenvalue weighted by Gasteiger charge is 2.36. The predicted octanol–water partition coefficient (Wildman–Crippen LogP) is 3.65. The van der Waals surface area contributed by atoms with E-state index in [0.29, 0.717) is 29.1 Å². The number of methoxy groups -OCH3 is 1. The molecular formula is C23H28N2O4. The number of aromatic nitrogens is 1. The Balaban J connectivity index is 1.71. The Morgan fingerprint density at radius 1 is 1.07 bits per heavy atom. The molecule has 0 bridgehead atoms. The Labute approximate surface area is 171 Å². The summed E-state index contributed by atoms with van der Waals surface area (Å²) in [6, 6.07) is 10.1. The monoisotopic (exact) mass is 396 g/mol. The van der Waals surface area contributed by atoms with Crippen molar-refractivity contribution in [3.8, 4) is 0 Å². The fourth-order valence-corrected chi connectivity index (χ4v) is 3.62. The summed E-state index contributed by atoms with van der Waals surface area (Å²) in [6.07, 6.45) is 1.90. The summed E-state index contributed by atoms with van der Waals surface area (Å²) in [5, 5.41) is 0. The topological polar surface area (TPSA) is 68.7 Å². The number of hydrogen-bond acceptors (Lipinski definition) is 6. The molecule has 0 atom stereocenters. The van der Waals surface area contributed by atoms with E-state index in [1.807, 2.05) is 25.2 Å². The number of aryl methyl sites for hydroxylation is 2. The van der Waals surface area contributed by atoms with E-state index in [2.05, 4.69) is 22.0 Å². The number of esters is 2. The van der Waals surface area contributed by atoms with Crippen molar-refractivity contribution in [3.05, 3.63) is 64.0 Å². The van der Waals surface area contributed by atoms with Gasteiger partial charge in [-0.2, -0.15) is 0 Å². The molecule has 1 aliphatic carbocycles. The number of rotatable bonds is 8. The normalized spacial score (nSPS) is 13.4. The van der Waals surface area contributed by atoms with Crippen molar-refractivity contribution in [2.45, 2.75) is 39.2 Å². The minimum Gasteiger partial charge on any atom is -0.465 e. The zero-order chi connectivity index (χ0) is 21.0. The fourth-order valence-electron chi connectivity index (χ4n) is 3.62. The Kier molecular flexibility index (Phi) is 6.64. The number of carbonyl (C=O) groups is 2. The highest BCUT2D eigenvalue weighted by atomic mass is 16.5. The van der Waals surface area contributed by atoms with Crippen LogP contribution in [-0.4, -0.2) is 49.1 Å². The summed E-state index contributed by atoms with van der Waals surface area (Å²) in [4.78, 5) is 31.8. The number of pyridine rings is 1. The van der Waals surface area contributed by atoms with Crippen molar-refractivity contribution in [3.63, 3.8) is 0 Å². The third-order valence-corrected chi connectivity index (χ3v) is 5.18. The van der Waals surface area contributed by atoms with Gasteiger partial charge in [0.15, 0.2) is 0 Å². The summed E-state index contributed by atoms with van der Waals surface area (Å²) in [7, 11) is 3.34. The molecule has 6 nitrogen and oxygen atoms in total. The van der Waals surface area contributed by atoms with E-state index in [0.717, 1.165) is 24.9 Å². The van der Waals surface area contributed by atoms with Crippen LogP contribution < -0.4 is 0 Å². The lowest BCUT2D eigenvalue weighted by molar-refractivity contribution is 0.0467. The molecule has 3 rings (SSSR count). The van der Waals surface area contributed by atoms with Crippen LogP contribution in [0.1, 0.15) is 62.0 Å². The molecule has 0 aliphatic heterocycles. The number of nitrogens with zero attached hydrogens (tertiary/aromatic N) is 2. The maximum absolute atomic E-state index is 12.9. The summed E-state index contributed by atoms with van der Waals surface area (Å²) in [5.41, 5.74) is 3.97. The number of benzene rings is 1. The van der Waals surface area contributed by atoms with Crippen molar-refractivity contribution in [2.24, 2.45) is 0 Å². The standard InChI is InChI=1S/C23H28N2O4/c1-15-19(22(26)28-4)21(18-10-11-18)20(16(2)24-15)23(27)29-13-12-25(3)14-17-8-6-5-7-9-17/h5-9,18H,10-14H2,1-4H3. The zero-order valence-corrected chi connectivity index (χ0v) is 17.5. The first kappa shape index (κ1) is 21.0. The molecule has 0 saturated heterocycles. The molecule has 1 fully saturated rings. The summed E-state index contributed by atoms with van der Waals surface area (Å²) in [5.74, 6) is -0.684. The van der Waals surface area contributed by atoms with Crippen LogP contribution in [0.3, 0.4) is 0 Å². The van der Waals surface area contributed by atoms with E-state index in [1.165, 1.54) is 12.7 Å². The van der Waals surface area contributed by atoms with Crippen LogP contribution >= 0.6 is 0 Å². The number of ether oxygens (including phenoxy) is 2. The predicted molar refractivity (Wildman–Crippen MR) is 110 cm³/mol. The molecule has 154 valence electrons. The van der Waals surface area contributed by atoms with E-state index >= 15 is 0 Å². The van der Waals surface area contributed by atoms with Crippen molar-refractivity contribution in [1.82, 2.24) is 9.88 Å². The van der Waals surface area contributed by atoms with Gasteiger partial charge in [-0.15, -0.1) is 0 Å². The molecule has 1 saturated carbocycles. The molecule has 0 unspecified atom stereocenters. The lowest BCUT2D eigenvalue weighted by atomic mass is 9.95. The number of carbonyl (C=O) groups excluding carboxylic acids is 2. The first-order valence-electron chi connectivity index (χ1n) is 9.91. The molecule has 29 heavy (non-hydrogen) atoms. The van der Waals surface area contributed by atoms with Crippen molar-refractivity contribution in [1.29, 1.82) is 0 Å². The van der Waals surface area contributed by atoms with E-state index in [4.69, 9.17) is 9.47 Å². The molecule has 2 aromatic rings. The average molecular weight is 396 g/mol. The van der Waals surface area contributed by atoms with Gasteiger partial charge in [-0.25, -0.2) is 9.59 Å². The Morgan fingerprint density at radius 2 is 1.69 bits per heavy atom. The maximum Gasteiger partial charge on any atom is 0.340 e. The first-order valence-corrected chi connectivity index (χ1v) is 9.91. The minimum absolute atomic E-state index is 0.188. The third-order valence-electron chi connectivity index (χ3n) is 5.18. The van der Waals surface area contributed by atoms with Gasteiger partial charge in [-0.05, 0) is 50.8 Å². The largest absolute Gasteiger partial charge is 0.465 e. The van der Waals surface area contributed by atoms with Gasteiger partial charge in [0.2, 0.25) is 0 Å². The highest BCUT2D eigenvalue weighted by Crippen LogP contribution is 2.44. The van der Waals surface area contributed by atoms with E-state index in [1.54, 1.807) is 13.8 Å². The van der Waals surface area contributed by atoms with Crippen LogP contribution in [0.25, 0.3) is 0 Å². The zero-order valence-electron chi connectivity index (χ0n) is 17.5. The summed E-state index contributed by atoms with van der Waals surface area (Å²) < 4.78 is 10.5. The van der Waals surface area contributed by atoms with E-state index in [9.17, 15) is 9.59 Å².